The quantitative estimate of drug-likeness (QED) is 0.161. The zero-order chi connectivity index (χ0) is 42.9. The van der Waals surface area contributed by atoms with Crippen LogP contribution in [-0.4, -0.2) is 16.2 Å². The monoisotopic (exact) mass is 794 g/mol. The van der Waals surface area contributed by atoms with Gasteiger partial charge in [-0.1, -0.05) is 131 Å². The molecule has 5 heteroatoms. The fourth-order valence-electron chi connectivity index (χ4n) is 8.51. The van der Waals surface area contributed by atoms with Crippen molar-refractivity contribution in [3.8, 4) is 17.3 Å². The average Bonchev–Trinajstić information content (AvgIpc) is 3.69. The van der Waals surface area contributed by atoms with Crippen molar-refractivity contribution in [1.29, 1.82) is 0 Å². The lowest BCUT2D eigenvalue weighted by atomic mass is 9.75. The van der Waals surface area contributed by atoms with Gasteiger partial charge in [-0.3, -0.25) is 4.57 Å². The maximum atomic E-state index is 6.92. The summed E-state index contributed by atoms with van der Waals surface area (Å²) >= 11 is 0. The van der Waals surface area contributed by atoms with E-state index in [1.54, 1.807) is 0 Å². The highest BCUT2D eigenvalue weighted by atomic mass is 16.5. The lowest BCUT2D eigenvalue weighted by molar-refractivity contribution is 0.479. The van der Waals surface area contributed by atoms with Crippen molar-refractivity contribution in [2.45, 2.75) is 112 Å². The van der Waals surface area contributed by atoms with Crippen molar-refractivity contribution in [2.24, 2.45) is 0 Å². The van der Waals surface area contributed by atoms with Gasteiger partial charge in [0.05, 0.1) is 17.7 Å². The van der Waals surface area contributed by atoms with Gasteiger partial charge in [0.2, 0.25) is 0 Å². The molecule has 0 fully saturated rings. The molecule has 0 unspecified atom stereocenters. The zero-order valence-electron chi connectivity index (χ0n) is 38.0. The molecule has 0 aliphatic carbocycles. The first kappa shape index (κ1) is 40.9. The molecule has 60 heavy (non-hydrogen) atoms. The summed E-state index contributed by atoms with van der Waals surface area (Å²) in [4.78, 5) is 9.82. The zero-order valence-corrected chi connectivity index (χ0v) is 38.0. The smallest absolute Gasteiger partial charge is 0.137 e. The van der Waals surface area contributed by atoms with Crippen LogP contribution in [0.5, 0.6) is 11.5 Å². The van der Waals surface area contributed by atoms with Crippen LogP contribution in [0.15, 0.2) is 139 Å². The first-order valence-corrected chi connectivity index (χ1v) is 21.5. The third-order valence-corrected chi connectivity index (χ3v) is 12.7. The van der Waals surface area contributed by atoms with Crippen LogP contribution in [0.3, 0.4) is 0 Å². The number of fused-ring (bicyclic) bond motifs is 3. The minimum atomic E-state index is -0.166. The molecule has 0 saturated heterocycles. The first-order valence-electron chi connectivity index (χ1n) is 21.5. The third-order valence-electron chi connectivity index (χ3n) is 12.7. The van der Waals surface area contributed by atoms with Crippen molar-refractivity contribution in [1.82, 2.24) is 9.55 Å². The molecule has 0 atom stereocenters. The predicted octanol–water partition coefficient (Wildman–Crippen LogP) is 14.7. The number of allylic oxidation sites excluding steroid dienone is 2. The molecule has 0 amide bonds. The van der Waals surface area contributed by atoms with Gasteiger partial charge in [0.25, 0.3) is 0 Å². The van der Waals surface area contributed by atoms with Gasteiger partial charge < -0.3 is 14.5 Å². The summed E-state index contributed by atoms with van der Waals surface area (Å²) in [6, 6.07) is 44.3. The number of hydrogen-bond acceptors (Lipinski definition) is 4. The molecule has 0 bridgehead atoms. The molecule has 1 aliphatic rings. The molecule has 5 nitrogen and oxygen atoms in total. The van der Waals surface area contributed by atoms with E-state index in [-0.39, 0.29) is 21.7 Å². The van der Waals surface area contributed by atoms with E-state index in [0.29, 0.717) is 6.67 Å². The Labute approximate surface area is 358 Å². The van der Waals surface area contributed by atoms with E-state index in [0.717, 1.165) is 34.0 Å². The minimum absolute atomic E-state index is 0.00234. The first-order chi connectivity index (χ1) is 28.2. The largest absolute Gasteiger partial charge is 0.457 e. The minimum Gasteiger partial charge on any atom is -0.457 e. The Morgan fingerprint density at radius 1 is 0.467 bits per heavy atom. The van der Waals surface area contributed by atoms with Crippen molar-refractivity contribution >= 4 is 33.2 Å². The number of hydrogen-bond donors (Lipinski definition) is 0. The van der Waals surface area contributed by atoms with Crippen molar-refractivity contribution in [2.75, 3.05) is 16.5 Å². The fourth-order valence-corrected chi connectivity index (χ4v) is 8.51. The molecule has 308 valence electrons. The van der Waals surface area contributed by atoms with E-state index in [2.05, 4.69) is 226 Å². The number of aromatic nitrogens is 2. The second kappa shape index (κ2) is 14.7. The number of anilines is 2. The van der Waals surface area contributed by atoms with Gasteiger partial charge in [-0.25, -0.2) is 4.98 Å². The number of nitrogens with zero attached hydrogens (tertiary/aromatic N) is 4. The number of rotatable bonds is 7. The average molecular weight is 795 g/mol. The van der Waals surface area contributed by atoms with Gasteiger partial charge in [-0.15, -0.1) is 0 Å². The lowest BCUT2D eigenvalue weighted by Gasteiger charge is -2.32. The maximum Gasteiger partial charge on any atom is 0.137 e. The van der Waals surface area contributed by atoms with Crippen LogP contribution >= 0.6 is 0 Å². The molecule has 3 heterocycles. The molecular formula is C55H62N4O. The SMILES string of the molecule is CC1=C(C)N(c2cc(C(C)(C)C)cc(C(C)(C)c3ccccc3)c2)CN1c1cc(Oc2ccc3c4ccccc4n(-c4cc(C(C)(C)C)ccn4)c3c2)cc(C(C)(C)C)c1. The molecule has 1 aliphatic heterocycles. The number of pyridine rings is 1. The van der Waals surface area contributed by atoms with E-state index in [1.807, 2.05) is 6.20 Å². The molecule has 0 radical (unpaired) electrons. The van der Waals surface area contributed by atoms with Gasteiger partial charge in [0.1, 0.15) is 17.3 Å². The molecule has 5 aromatic carbocycles. The summed E-state index contributed by atoms with van der Waals surface area (Å²) in [6.45, 7) is 30.4. The Balaban J connectivity index is 1.18. The van der Waals surface area contributed by atoms with Crippen LogP contribution in [0, 0.1) is 0 Å². The Kier molecular flexibility index (Phi) is 10.0. The van der Waals surface area contributed by atoms with Crippen LogP contribution in [0.1, 0.15) is 118 Å². The maximum absolute atomic E-state index is 6.92. The summed E-state index contributed by atoms with van der Waals surface area (Å²) in [5, 5.41) is 2.36. The lowest BCUT2D eigenvalue weighted by Crippen LogP contribution is -2.28. The van der Waals surface area contributed by atoms with Crippen LogP contribution in [-0.2, 0) is 21.7 Å². The van der Waals surface area contributed by atoms with Gasteiger partial charge in [0.15, 0.2) is 0 Å². The summed E-state index contributed by atoms with van der Waals surface area (Å²) in [5.41, 5.74) is 13.2. The Morgan fingerprint density at radius 2 is 1.03 bits per heavy atom. The third kappa shape index (κ3) is 7.59. The fraction of sp³-hybridized carbons (Fsp3) is 0.327. The second-order valence-corrected chi connectivity index (χ2v) is 20.4. The molecule has 7 aromatic rings. The Morgan fingerprint density at radius 3 is 1.68 bits per heavy atom. The summed E-state index contributed by atoms with van der Waals surface area (Å²) < 4.78 is 9.20. The van der Waals surface area contributed by atoms with Gasteiger partial charge in [-0.05, 0) is 113 Å². The molecule has 2 aromatic heterocycles. The molecule has 0 N–H and O–H groups in total. The van der Waals surface area contributed by atoms with E-state index in [9.17, 15) is 0 Å². The number of benzene rings is 5. The van der Waals surface area contributed by atoms with E-state index in [4.69, 9.17) is 9.72 Å². The van der Waals surface area contributed by atoms with Crippen LogP contribution in [0.2, 0.25) is 0 Å². The predicted molar refractivity (Wildman–Crippen MR) is 254 cm³/mol. The number of ether oxygens (including phenoxy) is 1. The van der Waals surface area contributed by atoms with Crippen LogP contribution < -0.4 is 14.5 Å². The summed E-state index contributed by atoms with van der Waals surface area (Å²) in [7, 11) is 0. The highest BCUT2D eigenvalue weighted by Gasteiger charge is 2.31. The molecule has 8 rings (SSSR count). The topological polar surface area (TPSA) is 33.5 Å². The van der Waals surface area contributed by atoms with Crippen LogP contribution in [0.4, 0.5) is 11.4 Å². The number of para-hydroxylation sites is 1. The van der Waals surface area contributed by atoms with E-state index < -0.39 is 0 Å². The van der Waals surface area contributed by atoms with Gasteiger partial charge in [-0.2, -0.15) is 0 Å². The molecule has 0 spiro atoms. The molecular weight excluding hydrogens is 733 g/mol. The van der Waals surface area contributed by atoms with Gasteiger partial charge in [0, 0.05) is 57.3 Å². The van der Waals surface area contributed by atoms with Crippen molar-refractivity contribution in [3.63, 3.8) is 0 Å². The standard InChI is InChI=1S/C55H62N4O/c1-36-37(2)58(35-57(36)43-28-40(53(6,7)8)27-42(30-43)55(12,13)38-19-15-14-16-20-38)44-29-41(54(9,10)11)31-46(33-44)60-45-23-24-48-47-21-17-18-22-49(47)59(50(48)34-45)51-32-39(25-26-56-51)52(3,4)5/h14-34H,35H2,1-13H3. The summed E-state index contributed by atoms with van der Waals surface area (Å²) in [5.74, 6) is 2.51. The highest BCUT2D eigenvalue weighted by Crippen LogP contribution is 2.43. The summed E-state index contributed by atoms with van der Waals surface area (Å²) in [6.07, 6.45) is 1.93. The van der Waals surface area contributed by atoms with Crippen molar-refractivity contribution in [3.05, 3.63) is 167 Å². The molecule has 0 saturated carbocycles. The Bertz CT molecular complexity index is 2770. The highest BCUT2D eigenvalue weighted by molar-refractivity contribution is 6.09. The van der Waals surface area contributed by atoms with Crippen molar-refractivity contribution < 1.29 is 4.74 Å². The normalized spacial score (nSPS) is 14.2. The van der Waals surface area contributed by atoms with Gasteiger partial charge >= 0.3 is 0 Å². The van der Waals surface area contributed by atoms with E-state index in [1.165, 1.54) is 55.7 Å². The van der Waals surface area contributed by atoms with Crippen LogP contribution in [0.25, 0.3) is 27.6 Å². The van der Waals surface area contributed by atoms with E-state index >= 15 is 0 Å². The Hall–Kier alpha value is -5.81. The second-order valence-electron chi connectivity index (χ2n) is 20.4.